The van der Waals surface area contributed by atoms with Crippen LogP contribution in [0, 0.1) is 0 Å². The van der Waals surface area contributed by atoms with Gasteiger partial charge in [-0.1, -0.05) is 18.2 Å². The molecule has 0 bridgehead atoms. The number of nitrogens with one attached hydrogen (secondary N) is 2. The Morgan fingerprint density at radius 3 is 2.94 bits per heavy atom. The number of rotatable bonds is 4. The molecule has 0 spiro atoms. The average Bonchev–Trinajstić information content (AvgIpc) is 2.69. The first kappa shape index (κ1) is 10.7. The van der Waals surface area contributed by atoms with Crippen molar-refractivity contribution in [1.29, 1.82) is 0 Å². The Morgan fingerprint density at radius 1 is 1.50 bits per heavy atom. The van der Waals surface area contributed by atoms with Gasteiger partial charge in [0.15, 0.2) is 0 Å². The molecule has 0 aliphatic heterocycles. The molecule has 0 saturated heterocycles. The highest BCUT2D eigenvalue weighted by Crippen LogP contribution is 2.18. The minimum atomic E-state index is -0.951. The molecule has 0 unspecified atom stereocenters. The van der Waals surface area contributed by atoms with Crippen LogP contribution >= 0.6 is 0 Å². The van der Waals surface area contributed by atoms with Crippen molar-refractivity contribution in [2.75, 3.05) is 0 Å². The number of aromatic amines is 1. The van der Waals surface area contributed by atoms with Crippen molar-refractivity contribution in [2.24, 2.45) is 5.84 Å². The summed E-state index contributed by atoms with van der Waals surface area (Å²) >= 11 is 0. The van der Waals surface area contributed by atoms with Crippen LogP contribution in [0.25, 0.3) is 10.9 Å². The first-order valence-corrected chi connectivity index (χ1v) is 4.96. The zero-order valence-electron chi connectivity index (χ0n) is 8.60. The minimum absolute atomic E-state index is 0.357. The SMILES string of the molecule is NN[C@@H](Cc1c[nH]c2ccccc12)C(=O)O. The molecule has 0 aliphatic rings. The summed E-state index contributed by atoms with van der Waals surface area (Å²) in [5.41, 5.74) is 4.24. The number of para-hydroxylation sites is 1. The molecule has 84 valence electrons. The van der Waals surface area contributed by atoms with Crippen molar-refractivity contribution in [3.05, 3.63) is 36.0 Å². The van der Waals surface area contributed by atoms with Crippen LogP contribution in [0.3, 0.4) is 0 Å². The summed E-state index contributed by atoms with van der Waals surface area (Å²) in [6, 6.07) is 6.99. The lowest BCUT2D eigenvalue weighted by Crippen LogP contribution is -2.42. The van der Waals surface area contributed by atoms with E-state index in [-0.39, 0.29) is 0 Å². The molecule has 1 heterocycles. The average molecular weight is 219 g/mol. The predicted octanol–water partition coefficient (Wildman–Crippen LogP) is 0.627. The Hall–Kier alpha value is -1.85. The summed E-state index contributed by atoms with van der Waals surface area (Å²) in [6.45, 7) is 0. The largest absolute Gasteiger partial charge is 0.480 e. The first-order chi connectivity index (χ1) is 7.72. The molecule has 0 saturated carbocycles. The molecule has 5 heteroatoms. The lowest BCUT2D eigenvalue weighted by atomic mass is 10.1. The summed E-state index contributed by atoms with van der Waals surface area (Å²) in [4.78, 5) is 13.9. The normalized spacial score (nSPS) is 12.8. The molecule has 1 atom stereocenters. The van der Waals surface area contributed by atoms with Crippen LogP contribution in [-0.4, -0.2) is 22.1 Å². The van der Waals surface area contributed by atoms with Gasteiger partial charge in [-0.15, -0.1) is 0 Å². The molecule has 5 nitrogen and oxygen atoms in total. The fraction of sp³-hybridized carbons (Fsp3) is 0.182. The molecular weight excluding hydrogens is 206 g/mol. The highest BCUT2D eigenvalue weighted by Gasteiger charge is 2.17. The monoisotopic (exact) mass is 219 g/mol. The highest BCUT2D eigenvalue weighted by molar-refractivity contribution is 5.84. The third-order valence-electron chi connectivity index (χ3n) is 2.60. The second-order valence-corrected chi connectivity index (χ2v) is 3.62. The third-order valence-corrected chi connectivity index (χ3v) is 2.60. The zero-order valence-corrected chi connectivity index (χ0v) is 8.60. The summed E-state index contributed by atoms with van der Waals surface area (Å²) in [5, 5.41) is 9.92. The number of fused-ring (bicyclic) bond motifs is 1. The molecule has 2 rings (SSSR count). The Labute approximate surface area is 92.2 Å². The predicted molar refractivity (Wildman–Crippen MR) is 60.7 cm³/mol. The fourth-order valence-electron chi connectivity index (χ4n) is 1.74. The highest BCUT2D eigenvalue weighted by atomic mass is 16.4. The lowest BCUT2D eigenvalue weighted by molar-refractivity contribution is -0.139. The second-order valence-electron chi connectivity index (χ2n) is 3.62. The van der Waals surface area contributed by atoms with E-state index in [2.05, 4.69) is 10.4 Å². The standard InChI is InChI=1S/C11H13N3O2/c12-14-10(11(15)16)5-7-6-13-9-4-2-1-3-8(7)9/h1-4,6,10,13-14H,5,12H2,(H,15,16)/t10-/m0/s1. The number of hydrazine groups is 1. The van der Waals surface area contributed by atoms with Crippen molar-refractivity contribution >= 4 is 16.9 Å². The summed E-state index contributed by atoms with van der Waals surface area (Å²) in [5.74, 6) is 4.24. The Balaban J connectivity index is 2.30. The number of hydrogen-bond donors (Lipinski definition) is 4. The summed E-state index contributed by atoms with van der Waals surface area (Å²) in [7, 11) is 0. The number of carboxylic acids is 1. The van der Waals surface area contributed by atoms with Crippen molar-refractivity contribution in [3.63, 3.8) is 0 Å². The minimum Gasteiger partial charge on any atom is -0.480 e. The smallest absolute Gasteiger partial charge is 0.322 e. The van der Waals surface area contributed by atoms with E-state index in [9.17, 15) is 4.79 Å². The van der Waals surface area contributed by atoms with Gasteiger partial charge in [0.1, 0.15) is 6.04 Å². The molecule has 5 N–H and O–H groups in total. The van der Waals surface area contributed by atoms with Gasteiger partial charge in [-0.3, -0.25) is 10.6 Å². The maximum atomic E-state index is 10.8. The lowest BCUT2D eigenvalue weighted by Gasteiger charge is -2.09. The summed E-state index contributed by atoms with van der Waals surface area (Å²) in [6.07, 6.45) is 2.17. The first-order valence-electron chi connectivity index (χ1n) is 4.96. The number of nitrogens with two attached hydrogens (primary N) is 1. The van der Waals surface area contributed by atoms with Crippen LogP contribution in [-0.2, 0) is 11.2 Å². The van der Waals surface area contributed by atoms with Crippen LogP contribution in [0.5, 0.6) is 0 Å². The van der Waals surface area contributed by atoms with Gasteiger partial charge in [0.25, 0.3) is 0 Å². The summed E-state index contributed by atoms with van der Waals surface area (Å²) < 4.78 is 0. The van der Waals surface area contributed by atoms with Gasteiger partial charge in [-0.25, -0.2) is 5.43 Å². The van der Waals surface area contributed by atoms with Crippen molar-refractivity contribution < 1.29 is 9.90 Å². The number of aromatic nitrogens is 1. The van der Waals surface area contributed by atoms with Crippen molar-refractivity contribution in [1.82, 2.24) is 10.4 Å². The molecule has 16 heavy (non-hydrogen) atoms. The number of H-pyrrole nitrogens is 1. The Morgan fingerprint density at radius 2 is 2.25 bits per heavy atom. The fourth-order valence-corrected chi connectivity index (χ4v) is 1.74. The van der Waals surface area contributed by atoms with Gasteiger partial charge < -0.3 is 10.1 Å². The van der Waals surface area contributed by atoms with E-state index in [0.29, 0.717) is 6.42 Å². The number of benzene rings is 1. The molecule has 0 aliphatic carbocycles. The third kappa shape index (κ3) is 1.91. The molecule has 2 aromatic rings. The van der Waals surface area contributed by atoms with E-state index in [4.69, 9.17) is 10.9 Å². The van der Waals surface area contributed by atoms with E-state index in [1.165, 1.54) is 0 Å². The van der Waals surface area contributed by atoms with Crippen LogP contribution in [0.15, 0.2) is 30.5 Å². The Kier molecular flexibility index (Phi) is 2.89. The van der Waals surface area contributed by atoms with Gasteiger partial charge in [0.05, 0.1) is 0 Å². The molecule has 1 aromatic carbocycles. The van der Waals surface area contributed by atoms with E-state index < -0.39 is 12.0 Å². The van der Waals surface area contributed by atoms with E-state index in [0.717, 1.165) is 16.5 Å². The van der Waals surface area contributed by atoms with Crippen LogP contribution in [0.1, 0.15) is 5.56 Å². The number of carboxylic acid groups (broad SMARTS) is 1. The van der Waals surface area contributed by atoms with Gasteiger partial charge in [0, 0.05) is 23.5 Å². The molecule has 0 amide bonds. The van der Waals surface area contributed by atoms with Crippen molar-refractivity contribution in [3.8, 4) is 0 Å². The van der Waals surface area contributed by atoms with Crippen molar-refractivity contribution in [2.45, 2.75) is 12.5 Å². The molecule has 0 radical (unpaired) electrons. The van der Waals surface area contributed by atoms with E-state index >= 15 is 0 Å². The number of carbonyl (C=O) groups is 1. The van der Waals surface area contributed by atoms with Gasteiger partial charge in [0.2, 0.25) is 0 Å². The van der Waals surface area contributed by atoms with Crippen LogP contribution < -0.4 is 11.3 Å². The second kappa shape index (κ2) is 4.34. The van der Waals surface area contributed by atoms with Gasteiger partial charge in [-0.05, 0) is 11.6 Å². The maximum Gasteiger partial charge on any atom is 0.322 e. The van der Waals surface area contributed by atoms with Gasteiger partial charge in [-0.2, -0.15) is 0 Å². The Bertz CT molecular complexity index is 507. The molecule has 1 aromatic heterocycles. The molecule has 0 fully saturated rings. The number of aliphatic carboxylic acids is 1. The maximum absolute atomic E-state index is 10.8. The number of hydrogen-bond acceptors (Lipinski definition) is 3. The van der Waals surface area contributed by atoms with E-state index in [1.807, 2.05) is 30.5 Å². The van der Waals surface area contributed by atoms with Crippen LogP contribution in [0.2, 0.25) is 0 Å². The molecular formula is C11H13N3O2. The topological polar surface area (TPSA) is 91.1 Å². The van der Waals surface area contributed by atoms with Crippen LogP contribution in [0.4, 0.5) is 0 Å². The van der Waals surface area contributed by atoms with E-state index in [1.54, 1.807) is 0 Å². The quantitative estimate of drug-likeness (QED) is 0.448. The zero-order chi connectivity index (χ0) is 11.5. The van der Waals surface area contributed by atoms with Gasteiger partial charge >= 0.3 is 5.97 Å².